The first kappa shape index (κ1) is 21.6. The molecule has 170 valence electrons. The van der Waals surface area contributed by atoms with E-state index < -0.39 is 0 Å². The lowest BCUT2D eigenvalue weighted by molar-refractivity contribution is 0.102. The summed E-state index contributed by atoms with van der Waals surface area (Å²) in [5.41, 5.74) is 4.10. The number of anilines is 2. The first-order valence-corrected chi connectivity index (χ1v) is 11.4. The minimum absolute atomic E-state index is 0.0990. The van der Waals surface area contributed by atoms with Gasteiger partial charge in [-0.2, -0.15) is 0 Å². The van der Waals surface area contributed by atoms with Gasteiger partial charge < -0.3 is 14.6 Å². The van der Waals surface area contributed by atoms with Gasteiger partial charge in [0.15, 0.2) is 11.3 Å². The molecule has 1 heterocycles. The number of carbonyl (C=O) groups excluding carboxylic acids is 1. The van der Waals surface area contributed by atoms with E-state index in [1.165, 1.54) is 0 Å². The largest absolute Gasteiger partial charge is 0.450 e. The number of rotatable bonds is 5. The molecule has 1 aliphatic carbocycles. The van der Waals surface area contributed by atoms with E-state index in [-0.39, 0.29) is 22.8 Å². The number of aromatic nitrogens is 1. The highest BCUT2D eigenvalue weighted by molar-refractivity contribution is 6.09. The molecule has 1 aliphatic heterocycles. The lowest BCUT2D eigenvalue weighted by Crippen LogP contribution is -2.21. The molecule has 1 amide bonds. The first-order chi connectivity index (χ1) is 16.5. The van der Waals surface area contributed by atoms with Gasteiger partial charge in [0, 0.05) is 41.2 Å². The van der Waals surface area contributed by atoms with Crippen LogP contribution in [0, 0.1) is 6.92 Å². The van der Waals surface area contributed by atoms with Crippen LogP contribution in [0.4, 0.5) is 11.4 Å². The van der Waals surface area contributed by atoms with E-state index in [2.05, 4.69) is 24.1 Å². The summed E-state index contributed by atoms with van der Waals surface area (Å²) in [6, 6.07) is 20.3. The predicted octanol–water partition coefficient (Wildman–Crippen LogP) is 5.85. The van der Waals surface area contributed by atoms with Crippen molar-refractivity contribution in [2.24, 2.45) is 0 Å². The number of benzene rings is 4. The van der Waals surface area contributed by atoms with Crippen molar-refractivity contribution in [3.63, 3.8) is 0 Å². The van der Waals surface area contributed by atoms with Gasteiger partial charge in [0.25, 0.3) is 5.91 Å². The van der Waals surface area contributed by atoms with E-state index in [1.54, 1.807) is 24.3 Å². The number of hydrogen-bond acceptors (Lipinski definition) is 5. The zero-order chi connectivity index (χ0) is 23.8. The average molecular weight is 452 g/mol. The molecule has 0 aromatic heterocycles. The van der Waals surface area contributed by atoms with Crippen LogP contribution in [0.3, 0.4) is 0 Å². The van der Waals surface area contributed by atoms with E-state index in [4.69, 9.17) is 9.40 Å². The van der Waals surface area contributed by atoms with Crippen LogP contribution >= 0.6 is 0 Å². The topological polar surface area (TPSA) is 75.4 Å². The quantitative estimate of drug-likeness (QED) is 0.268. The van der Waals surface area contributed by atoms with Crippen molar-refractivity contribution in [1.82, 2.24) is 4.98 Å². The lowest BCUT2D eigenvalue weighted by atomic mass is 10.0. The number of aryl methyl sites for hydroxylation is 1. The maximum Gasteiger partial charge on any atom is 0.255 e. The second-order valence-electron chi connectivity index (χ2n) is 8.29. The van der Waals surface area contributed by atoms with Gasteiger partial charge in [0.2, 0.25) is 5.43 Å². The van der Waals surface area contributed by atoms with Crippen molar-refractivity contribution >= 4 is 39.2 Å². The third-order valence-electron chi connectivity index (χ3n) is 6.16. The molecule has 0 atom stereocenters. The Morgan fingerprint density at radius 3 is 2.38 bits per heavy atom. The summed E-state index contributed by atoms with van der Waals surface area (Å²) >= 11 is 0. The highest BCUT2D eigenvalue weighted by Gasteiger charge is 2.24. The second kappa shape index (κ2) is 8.63. The van der Waals surface area contributed by atoms with Gasteiger partial charge in [-0.1, -0.05) is 42.0 Å². The molecule has 0 unspecified atom stereocenters. The summed E-state index contributed by atoms with van der Waals surface area (Å²) < 4.78 is 6.30. The second-order valence-corrected chi connectivity index (χ2v) is 8.29. The monoisotopic (exact) mass is 451 g/mol. The summed E-state index contributed by atoms with van der Waals surface area (Å²) in [6.45, 7) is 7.86. The Kier molecular flexibility index (Phi) is 5.49. The Balaban J connectivity index is 1.74. The molecular formula is C28H25N3O3. The number of amides is 1. The molecule has 34 heavy (non-hydrogen) atoms. The van der Waals surface area contributed by atoms with Gasteiger partial charge in [-0.25, -0.2) is 4.98 Å². The highest BCUT2D eigenvalue weighted by Crippen LogP contribution is 2.36. The van der Waals surface area contributed by atoms with E-state index in [1.807, 2.05) is 49.4 Å². The van der Waals surface area contributed by atoms with Crippen molar-refractivity contribution < 1.29 is 9.21 Å². The van der Waals surface area contributed by atoms with Crippen LogP contribution in [0.5, 0.6) is 0 Å². The molecule has 3 aromatic rings. The van der Waals surface area contributed by atoms with Gasteiger partial charge in [-0.05, 0) is 45.0 Å². The number of carbonyl (C=O) groups is 1. The standard InChI is InChI=1S/C28H25N3O3/c1-4-31(5-2)19-14-15-22-23(16-19)34-27-24(29-22)20-8-6-7-9-21(20)26(32)25(27)30-28(33)18-12-10-17(3)11-13-18/h6-16H,4-5H2,1-3H3,(H,30,33). The fourth-order valence-electron chi connectivity index (χ4n) is 4.27. The van der Waals surface area contributed by atoms with Crippen molar-refractivity contribution in [1.29, 1.82) is 0 Å². The zero-order valence-electron chi connectivity index (χ0n) is 19.4. The van der Waals surface area contributed by atoms with E-state index in [0.717, 1.165) is 24.3 Å². The molecule has 2 aliphatic rings. The zero-order valence-corrected chi connectivity index (χ0v) is 19.4. The minimum Gasteiger partial charge on any atom is -0.450 e. The summed E-state index contributed by atoms with van der Waals surface area (Å²) in [4.78, 5) is 33.5. The molecule has 0 saturated carbocycles. The molecule has 1 N–H and O–H groups in total. The average Bonchev–Trinajstić information content (AvgIpc) is 2.86. The maximum absolute atomic E-state index is 13.5. The number of nitrogens with zero attached hydrogens (tertiary/aromatic N) is 2. The third kappa shape index (κ3) is 3.67. The third-order valence-corrected chi connectivity index (χ3v) is 6.16. The molecule has 0 saturated heterocycles. The van der Waals surface area contributed by atoms with Gasteiger partial charge in [-0.3, -0.25) is 9.59 Å². The molecule has 6 heteroatoms. The number of hydrogen-bond donors (Lipinski definition) is 1. The molecule has 3 aromatic carbocycles. The molecule has 6 nitrogen and oxygen atoms in total. The number of fused-ring (bicyclic) bond motifs is 4. The Hall–Kier alpha value is -4.19. The van der Waals surface area contributed by atoms with Crippen molar-refractivity contribution in [2.75, 3.05) is 23.3 Å². The SMILES string of the molecule is CCN(CC)c1ccc2nc3c4ccccc4c(=O)c(NC(=O)c4ccc(C)cc4)c-3oc2c1. The van der Waals surface area contributed by atoms with Crippen LogP contribution in [0.2, 0.25) is 0 Å². The van der Waals surface area contributed by atoms with Gasteiger partial charge in [-0.15, -0.1) is 0 Å². The van der Waals surface area contributed by atoms with Crippen molar-refractivity contribution in [3.05, 3.63) is 88.1 Å². The van der Waals surface area contributed by atoms with Gasteiger partial charge in [0.05, 0.1) is 0 Å². The number of nitrogens with one attached hydrogen (secondary N) is 1. The van der Waals surface area contributed by atoms with Crippen LogP contribution in [-0.2, 0) is 0 Å². The Labute approximate surface area is 197 Å². The maximum atomic E-state index is 13.5. The van der Waals surface area contributed by atoms with Gasteiger partial charge >= 0.3 is 0 Å². The van der Waals surface area contributed by atoms with E-state index in [9.17, 15) is 9.59 Å². The Bertz CT molecular complexity index is 1550. The molecule has 0 bridgehead atoms. The molecule has 0 radical (unpaired) electrons. The first-order valence-electron chi connectivity index (χ1n) is 11.4. The van der Waals surface area contributed by atoms with E-state index in [0.29, 0.717) is 33.1 Å². The highest BCUT2D eigenvalue weighted by atomic mass is 16.3. The molecule has 5 rings (SSSR count). The summed E-state index contributed by atoms with van der Waals surface area (Å²) in [5, 5.41) is 3.98. The Morgan fingerprint density at radius 1 is 0.971 bits per heavy atom. The summed E-state index contributed by atoms with van der Waals surface area (Å²) in [7, 11) is 0. The molecule has 0 spiro atoms. The summed E-state index contributed by atoms with van der Waals surface area (Å²) in [5.74, 6) is -0.103. The predicted molar refractivity (Wildman–Crippen MR) is 137 cm³/mol. The minimum atomic E-state index is -0.374. The van der Waals surface area contributed by atoms with Crippen molar-refractivity contribution in [3.8, 4) is 11.5 Å². The van der Waals surface area contributed by atoms with Crippen LogP contribution in [0.1, 0.15) is 29.8 Å². The Morgan fingerprint density at radius 2 is 1.68 bits per heavy atom. The smallest absolute Gasteiger partial charge is 0.255 e. The fraction of sp³-hybridized carbons (Fsp3) is 0.179. The fourth-order valence-corrected chi connectivity index (χ4v) is 4.27. The van der Waals surface area contributed by atoms with Gasteiger partial charge in [0.1, 0.15) is 16.9 Å². The van der Waals surface area contributed by atoms with E-state index >= 15 is 0 Å². The van der Waals surface area contributed by atoms with Crippen LogP contribution in [0.25, 0.3) is 33.3 Å². The molecule has 0 fully saturated rings. The van der Waals surface area contributed by atoms with Crippen LogP contribution < -0.4 is 15.6 Å². The van der Waals surface area contributed by atoms with Crippen LogP contribution in [0.15, 0.2) is 75.9 Å². The lowest BCUT2D eigenvalue weighted by Gasteiger charge is -2.21. The van der Waals surface area contributed by atoms with Crippen molar-refractivity contribution in [2.45, 2.75) is 20.8 Å². The summed E-state index contributed by atoms with van der Waals surface area (Å²) in [6.07, 6.45) is 0. The molecular weight excluding hydrogens is 426 g/mol. The van der Waals surface area contributed by atoms with Crippen LogP contribution in [-0.4, -0.2) is 24.0 Å². The normalized spacial score (nSPS) is 11.3.